The Morgan fingerprint density at radius 3 is 2.65 bits per heavy atom. The third kappa shape index (κ3) is 3.07. The number of nitrogens with one attached hydrogen (secondary N) is 1. The fraction of sp³-hybridized carbons (Fsp3) is 0.867. The van der Waals surface area contributed by atoms with Crippen LogP contribution in [0, 0.1) is 11.8 Å². The lowest BCUT2D eigenvalue weighted by molar-refractivity contribution is -0.140. The van der Waals surface area contributed by atoms with Crippen LogP contribution in [0.15, 0.2) is 0 Å². The molecule has 1 heterocycles. The van der Waals surface area contributed by atoms with Gasteiger partial charge in [0.2, 0.25) is 0 Å². The summed E-state index contributed by atoms with van der Waals surface area (Å²) in [7, 11) is 0. The number of hydrogen-bond donors (Lipinski definition) is 2. The normalized spacial score (nSPS) is 28.6. The Balaban J connectivity index is 2.00. The molecule has 0 bridgehead atoms. The number of amides is 2. The highest BCUT2D eigenvalue weighted by atomic mass is 16.4. The quantitative estimate of drug-likeness (QED) is 0.832. The van der Waals surface area contributed by atoms with Crippen molar-refractivity contribution < 1.29 is 14.7 Å². The van der Waals surface area contributed by atoms with Crippen LogP contribution in [-0.2, 0) is 4.79 Å². The summed E-state index contributed by atoms with van der Waals surface area (Å²) in [6, 6.07) is -0.640. The van der Waals surface area contributed by atoms with E-state index in [2.05, 4.69) is 5.32 Å². The van der Waals surface area contributed by atoms with E-state index < -0.39 is 12.0 Å². The fourth-order valence-corrected chi connectivity index (χ4v) is 3.61. The van der Waals surface area contributed by atoms with E-state index in [4.69, 9.17) is 0 Å². The molecule has 4 atom stereocenters. The summed E-state index contributed by atoms with van der Waals surface area (Å²) in [6.45, 7) is 4.58. The highest BCUT2D eigenvalue weighted by Gasteiger charge is 2.38. The molecule has 2 N–H and O–H groups in total. The number of aliphatic carboxylic acids is 1. The van der Waals surface area contributed by atoms with Crippen LogP contribution in [0.3, 0.4) is 0 Å². The first-order chi connectivity index (χ1) is 9.54. The maximum atomic E-state index is 12.4. The van der Waals surface area contributed by atoms with Crippen LogP contribution < -0.4 is 5.32 Å². The van der Waals surface area contributed by atoms with E-state index in [0.29, 0.717) is 12.0 Å². The molecule has 0 spiro atoms. The smallest absolute Gasteiger partial charge is 0.326 e. The Labute approximate surface area is 120 Å². The van der Waals surface area contributed by atoms with Crippen molar-refractivity contribution in [2.24, 2.45) is 11.8 Å². The van der Waals surface area contributed by atoms with Crippen LogP contribution in [-0.4, -0.2) is 40.6 Å². The maximum absolute atomic E-state index is 12.4. The number of nitrogens with zero attached hydrogens (tertiary/aromatic N) is 1. The van der Waals surface area contributed by atoms with E-state index in [9.17, 15) is 14.7 Å². The van der Waals surface area contributed by atoms with Gasteiger partial charge in [0.25, 0.3) is 0 Å². The summed E-state index contributed by atoms with van der Waals surface area (Å²) in [5.74, 6) is -0.366. The topological polar surface area (TPSA) is 69.6 Å². The number of piperidine rings is 1. The van der Waals surface area contributed by atoms with E-state index >= 15 is 0 Å². The molecule has 2 aliphatic rings. The zero-order valence-electron chi connectivity index (χ0n) is 12.5. The van der Waals surface area contributed by atoms with Crippen LogP contribution in [0.25, 0.3) is 0 Å². The van der Waals surface area contributed by atoms with Crippen LogP contribution >= 0.6 is 0 Å². The SMILES string of the molecule is CC[C@H](C)[C@H](NC(=O)N1CCCC2CCCC21)C(=O)O. The molecule has 20 heavy (non-hydrogen) atoms. The fourth-order valence-electron chi connectivity index (χ4n) is 3.61. The highest BCUT2D eigenvalue weighted by Crippen LogP contribution is 2.36. The minimum absolute atomic E-state index is 0.0550. The third-order valence-electron chi connectivity index (χ3n) is 5.01. The number of likely N-dealkylation sites (tertiary alicyclic amines) is 1. The summed E-state index contributed by atoms with van der Waals surface area (Å²) in [5.41, 5.74) is 0. The molecular weight excluding hydrogens is 256 g/mol. The van der Waals surface area contributed by atoms with Crippen LogP contribution in [0.5, 0.6) is 0 Å². The van der Waals surface area contributed by atoms with E-state index in [0.717, 1.165) is 25.8 Å². The van der Waals surface area contributed by atoms with Gasteiger partial charge in [-0.05, 0) is 37.5 Å². The molecule has 2 rings (SSSR count). The van der Waals surface area contributed by atoms with Crippen molar-refractivity contribution in [1.82, 2.24) is 10.2 Å². The molecule has 2 fully saturated rings. The van der Waals surface area contributed by atoms with Gasteiger partial charge in [0.05, 0.1) is 0 Å². The van der Waals surface area contributed by atoms with Crippen LogP contribution in [0.4, 0.5) is 4.79 Å². The van der Waals surface area contributed by atoms with Gasteiger partial charge < -0.3 is 15.3 Å². The Bertz CT molecular complexity index is 372. The van der Waals surface area contributed by atoms with Gasteiger partial charge in [-0.1, -0.05) is 26.7 Å². The Morgan fingerprint density at radius 2 is 2.00 bits per heavy atom. The van der Waals surface area contributed by atoms with E-state index in [1.165, 1.54) is 19.3 Å². The molecule has 2 amide bonds. The van der Waals surface area contributed by atoms with Crippen molar-refractivity contribution >= 4 is 12.0 Å². The molecule has 5 heteroatoms. The summed E-state index contributed by atoms with van der Waals surface area (Å²) in [6.07, 6.45) is 6.45. The first-order valence-corrected chi connectivity index (χ1v) is 7.84. The molecule has 0 aromatic heterocycles. The summed E-state index contributed by atoms with van der Waals surface area (Å²) in [4.78, 5) is 25.6. The maximum Gasteiger partial charge on any atom is 0.326 e. The molecular formula is C15H26N2O3. The molecule has 5 nitrogen and oxygen atoms in total. The molecule has 2 unspecified atom stereocenters. The van der Waals surface area contributed by atoms with E-state index in [1.54, 1.807) is 0 Å². The second-order valence-corrected chi connectivity index (χ2v) is 6.24. The molecule has 1 aliphatic carbocycles. The Kier molecular flexibility index (Phi) is 4.89. The van der Waals surface area contributed by atoms with Gasteiger partial charge in [-0.2, -0.15) is 0 Å². The largest absolute Gasteiger partial charge is 0.480 e. The average molecular weight is 282 g/mol. The predicted octanol–water partition coefficient (Wildman–Crippen LogP) is 2.46. The predicted molar refractivity (Wildman–Crippen MR) is 76.5 cm³/mol. The second kappa shape index (κ2) is 6.46. The summed E-state index contributed by atoms with van der Waals surface area (Å²) < 4.78 is 0. The number of hydrogen-bond acceptors (Lipinski definition) is 2. The molecule has 0 aromatic carbocycles. The molecule has 0 aromatic rings. The number of urea groups is 1. The number of carboxylic acids is 1. The molecule has 1 aliphatic heterocycles. The van der Waals surface area contributed by atoms with Gasteiger partial charge in [-0.15, -0.1) is 0 Å². The van der Waals surface area contributed by atoms with Crippen LogP contribution in [0.2, 0.25) is 0 Å². The first kappa shape index (κ1) is 15.1. The summed E-state index contributed by atoms with van der Waals surface area (Å²) >= 11 is 0. The number of rotatable bonds is 4. The van der Waals surface area contributed by atoms with Crippen molar-refractivity contribution in [3.05, 3.63) is 0 Å². The number of carbonyl (C=O) groups is 2. The van der Waals surface area contributed by atoms with Crippen molar-refractivity contribution in [3.8, 4) is 0 Å². The van der Waals surface area contributed by atoms with Crippen molar-refractivity contribution in [2.75, 3.05) is 6.54 Å². The third-order valence-corrected chi connectivity index (χ3v) is 5.01. The van der Waals surface area contributed by atoms with Crippen molar-refractivity contribution in [1.29, 1.82) is 0 Å². The zero-order chi connectivity index (χ0) is 14.7. The molecule has 1 saturated carbocycles. The van der Waals surface area contributed by atoms with E-state index in [1.807, 2.05) is 18.7 Å². The van der Waals surface area contributed by atoms with Gasteiger partial charge >= 0.3 is 12.0 Å². The molecule has 0 radical (unpaired) electrons. The van der Waals surface area contributed by atoms with Gasteiger partial charge in [0.1, 0.15) is 6.04 Å². The standard InChI is InChI=1S/C15H26N2O3/c1-3-10(2)13(14(18)19)16-15(20)17-9-5-7-11-6-4-8-12(11)17/h10-13H,3-9H2,1-2H3,(H,16,20)(H,18,19)/t10-,11?,12?,13-/m0/s1. The number of carbonyl (C=O) groups excluding carboxylic acids is 1. The van der Waals surface area contributed by atoms with Gasteiger partial charge in [-0.25, -0.2) is 9.59 Å². The minimum Gasteiger partial charge on any atom is -0.480 e. The summed E-state index contributed by atoms with van der Waals surface area (Å²) in [5, 5.41) is 12.0. The lowest BCUT2D eigenvalue weighted by Crippen LogP contribution is -2.55. The van der Waals surface area contributed by atoms with Crippen molar-refractivity contribution in [3.63, 3.8) is 0 Å². The van der Waals surface area contributed by atoms with Gasteiger partial charge in [0, 0.05) is 12.6 Å². The minimum atomic E-state index is -0.937. The van der Waals surface area contributed by atoms with Gasteiger partial charge in [-0.3, -0.25) is 0 Å². The molecule has 114 valence electrons. The lowest BCUT2D eigenvalue weighted by Gasteiger charge is -2.38. The monoisotopic (exact) mass is 282 g/mol. The van der Waals surface area contributed by atoms with Gasteiger partial charge in [0.15, 0.2) is 0 Å². The number of fused-ring (bicyclic) bond motifs is 1. The van der Waals surface area contributed by atoms with E-state index in [-0.39, 0.29) is 11.9 Å². The van der Waals surface area contributed by atoms with Crippen molar-refractivity contribution in [2.45, 2.75) is 64.5 Å². The van der Waals surface area contributed by atoms with Crippen LogP contribution in [0.1, 0.15) is 52.4 Å². The average Bonchev–Trinajstić information content (AvgIpc) is 2.91. The number of carboxylic acid groups (broad SMARTS) is 1. The second-order valence-electron chi connectivity index (χ2n) is 6.24. The zero-order valence-corrected chi connectivity index (χ0v) is 12.5. The Morgan fingerprint density at radius 1 is 1.30 bits per heavy atom. The highest BCUT2D eigenvalue weighted by molar-refractivity contribution is 5.83. The molecule has 1 saturated heterocycles. The Hall–Kier alpha value is -1.26. The first-order valence-electron chi connectivity index (χ1n) is 7.84. The lowest BCUT2D eigenvalue weighted by atomic mass is 9.92.